The third-order valence-corrected chi connectivity index (χ3v) is 6.74. The molecule has 136 valence electrons. The maximum absolute atomic E-state index is 12.9. The molecule has 0 spiro atoms. The summed E-state index contributed by atoms with van der Waals surface area (Å²) in [5.74, 6) is -0.216. The first-order valence-electron chi connectivity index (χ1n) is 8.55. The Morgan fingerprint density at radius 2 is 2.12 bits per heavy atom. The number of hydrogen-bond donors (Lipinski definition) is 1. The molecular weight excluding hydrogens is 328 g/mol. The predicted molar refractivity (Wildman–Crippen MR) is 92.1 cm³/mol. The number of carbonyl (C=O) groups excluding carboxylic acids is 1. The smallest absolute Gasteiger partial charge is 0.246 e. The average molecular weight is 356 g/mol. The standard InChI is InChI=1S/C16H28N4O3S/c1-5-6-9-19(4)16(21)14-8-7-10-20(11-14)24(22,23)15-12(2)17-18-13(15)3/h14H,5-11H2,1-4H3,(H,17,18). The molecule has 1 amide bonds. The molecule has 1 fully saturated rings. The zero-order valence-electron chi connectivity index (χ0n) is 15.0. The minimum Gasteiger partial charge on any atom is -0.345 e. The molecule has 1 saturated heterocycles. The van der Waals surface area contributed by atoms with Gasteiger partial charge in [0.25, 0.3) is 0 Å². The molecule has 0 aliphatic carbocycles. The normalized spacial score (nSPS) is 19.4. The summed E-state index contributed by atoms with van der Waals surface area (Å²) >= 11 is 0. The fraction of sp³-hybridized carbons (Fsp3) is 0.750. The number of piperidine rings is 1. The predicted octanol–water partition coefficient (Wildman–Crippen LogP) is 1.69. The van der Waals surface area contributed by atoms with Gasteiger partial charge < -0.3 is 4.90 Å². The Kier molecular flexibility index (Phi) is 6.03. The van der Waals surface area contributed by atoms with E-state index in [1.807, 2.05) is 0 Å². The van der Waals surface area contributed by atoms with Crippen molar-refractivity contribution in [2.45, 2.75) is 51.3 Å². The molecule has 2 rings (SSSR count). The van der Waals surface area contributed by atoms with Gasteiger partial charge in [-0.15, -0.1) is 0 Å². The topological polar surface area (TPSA) is 86.4 Å². The number of aryl methyl sites for hydroxylation is 2. The Morgan fingerprint density at radius 3 is 2.71 bits per heavy atom. The van der Waals surface area contributed by atoms with Crippen LogP contribution in [0.4, 0.5) is 0 Å². The average Bonchev–Trinajstić information content (AvgIpc) is 2.91. The molecule has 1 aliphatic rings. The molecule has 1 aromatic heterocycles. The van der Waals surface area contributed by atoms with E-state index in [0.717, 1.165) is 25.8 Å². The van der Waals surface area contributed by atoms with Gasteiger partial charge in [-0.25, -0.2) is 8.42 Å². The van der Waals surface area contributed by atoms with Crippen molar-refractivity contribution in [1.29, 1.82) is 0 Å². The highest BCUT2D eigenvalue weighted by atomic mass is 32.2. The molecule has 2 heterocycles. The molecule has 7 nitrogen and oxygen atoms in total. The summed E-state index contributed by atoms with van der Waals surface area (Å²) in [6.07, 6.45) is 3.43. The summed E-state index contributed by atoms with van der Waals surface area (Å²) in [5.41, 5.74) is 1.02. The van der Waals surface area contributed by atoms with Crippen LogP contribution in [0.25, 0.3) is 0 Å². The van der Waals surface area contributed by atoms with E-state index in [9.17, 15) is 13.2 Å². The lowest BCUT2D eigenvalue weighted by atomic mass is 9.98. The number of nitrogens with zero attached hydrogens (tertiary/aromatic N) is 3. The minimum absolute atomic E-state index is 0.0454. The van der Waals surface area contributed by atoms with Crippen LogP contribution in [0.1, 0.15) is 44.0 Å². The van der Waals surface area contributed by atoms with Gasteiger partial charge in [-0.1, -0.05) is 13.3 Å². The quantitative estimate of drug-likeness (QED) is 0.840. The molecular formula is C16H28N4O3S. The van der Waals surface area contributed by atoms with Crippen molar-refractivity contribution >= 4 is 15.9 Å². The lowest BCUT2D eigenvalue weighted by Gasteiger charge is -2.33. The summed E-state index contributed by atoms with van der Waals surface area (Å²) in [5, 5.41) is 6.71. The molecule has 24 heavy (non-hydrogen) atoms. The van der Waals surface area contributed by atoms with E-state index in [2.05, 4.69) is 17.1 Å². The molecule has 1 unspecified atom stereocenters. The number of aromatic amines is 1. The lowest BCUT2D eigenvalue weighted by Crippen LogP contribution is -2.46. The summed E-state index contributed by atoms with van der Waals surface area (Å²) in [4.78, 5) is 14.6. The van der Waals surface area contributed by atoms with Crippen molar-refractivity contribution in [3.8, 4) is 0 Å². The Labute approximate surface area is 144 Å². The third kappa shape index (κ3) is 3.80. The van der Waals surface area contributed by atoms with Crippen molar-refractivity contribution in [3.63, 3.8) is 0 Å². The van der Waals surface area contributed by atoms with Crippen molar-refractivity contribution < 1.29 is 13.2 Å². The van der Waals surface area contributed by atoms with Crippen molar-refractivity contribution in [2.24, 2.45) is 5.92 Å². The number of unbranched alkanes of at least 4 members (excludes halogenated alkanes) is 1. The lowest BCUT2D eigenvalue weighted by molar-refractivity contribution is -0.135. The molecule has 8 heteroatoms. The van der Waals surface area contributed by atoms with Crippen LogP contribution in [0.3, 0.4) is 0 Å². The second-order valence-corrected chi connectivity index (χ2v) is 8.45. The molecule has 0 saturated carbocycles. The van der Waals surface area contributed by atoms with E-state index in [4.69, 9.17) is 0 Å². The van der Waals surface area contributed by atoms with Crippen LogP contribution in [-0.4, -0.2) is 60.4 Å². The molecule has 1 aliphatic heterocycles. The van der Waals surface area contributed by atoms with Gasteiger partial charge in [-0.3, -0.25) is 9.89 Å². The molecule has 1 atom stereocenters. The summed E-state index contributed by atoms with van der Waals surface area (Å²) in [7, 11) is -1.82. The molecule has 1 aromatic rings. The largest absolute Gasteiger partial charge is 0.345 e. The Bertz CT molecular complexity index is 664. The monoisotopic (exact) mass is 356 g/mol. The van der Waals surface area contributed by atoms with E-state index in [1.54, 1.807) is 25.8 Å². The van der Waals surface area contributed by atoms with Crippen LogP contribution in [0, 0.1) is 19.8 Å². The first-order chi connectivity index (χ1) is 11.3. The molecule has 1 N–H and O–H groups in total. The maximum Gasteiger partial charge on any atom is 0.246 e. The zero-order valence-corrected chi connectivity index (χ0v) is 15.8. The van der Waals surface area contributed by atoms with Gasteiger partial charge in [-0.05, 0) is 33.1 Å². The van der Waals surface area contributed by atoms with Crippen LogP contribution in [0.15, 0.2) is 4.90 Å². The third-order valence-electron chi connectivity index (χ3n) is 4.62. The first kappa shape index (κ1) is 18.9. The number of rotatable bonds is 6. The Morgan fingerprint density at radius 1 is 1.42 bits per heavy atom. The highest BCUT2D eigenvalue weighted by molar-refractivity contribution is 7.89. The van der Waals surface area contributed by atoms with Gasteiger partial charge >= 0.3 is 0 Å². The summed E-state index contributed by atoms with van der Waals surface area (Å²) in [6.45, 7) is 6.90. The fourth-order valence-electron chi connectivity index (χ4n) is 3.23. The van der Waals surface area contributed by atoms with Gasteiger partial charge in [-0.2, -0.15) is 9.40 Å². The van der Waals surface area contributed by atoms with Gasteiger partial charge in [0, 0.05) is 26.7 Å². The van der Waals surface area contributed by atoms with Crippen LogP contribution >= 0.6 is 0 Å². The number of hydrogen-bond acceptors (Lipinski definition) is 4. The van der Waals surface area contributed by atoms with E-state index < -0.39 is 10.0 Å². The van der Waals surface area contributed by atoms with Crippen molar-refractivity contribution in [2.75, 3.05) is 26.7 Å². The second-order valence-electron chi connectivity index (χ2n) is 6.58. The Hall–Kier alpha value is -1.41. The minimum atomic E-state index is -3.62. The highest BCUT2D eigenvalue weighted by Crippen LogP contribution is 2.27. The van der Waals surface area contributed by atoms with Crippen LogP contribution in [-0.2, 0) is 14.8 Å². The van der Waals surface area contributed by atoms with Gasteiger partial charge in [0.1, 0.15) is 4.90 Å². The second kappa shape index (κ2) is 7.65. The van der Waals surface area contributed by atoms with Crippen LogP contribution in [0.2, 0.25) is 0 Å². The molecule has 0 radical (unpaired) electrons. The number of H-pyrrole nitrogens is 1. The number of sulfonamides is 1. The van der Waals surface area contributed by atoms with E-state index >= 15 is 0 Å². The zero-order chi connectivity index (χ0) is 17.9. The number of amides is 1. The first-order valence-corrected chi connectivity index (χ1v) is 9.99. The number of carbonyl (C=O) groups is 1. The van der Waals surface area contributed by atoms with Gasteiger partial charge in [0.15, 0.2) is 0 Å². The van der Waals surface area contributed by atoms with Crippen LogP contribution < -0.4 is 0 Å². The number of aromatic nitrogens is 2. The maximum atomic E-state index is 12.9. The SMILES string of the molecule is CCCCN(C)C(=O)C1CCCN(S(=O)(=O)c2c(C)n[nH]c2C)C1. The van der Waals surface area contributed by atoms with Crippen molar-refractivity contribution in [1.82, 2.24) is 19.4 Å². The number of nitrogens with one attached hydrogen (secondary N) is 1. The van der Waals surface area contributed by atoms with Gasteiger partial charge in [0.05, 0.1) is 17.3 Å². The summed E-state index contributed by atoms with van der Waals surface area (Å²) in [6, 6.07) is 0. The van der Waals surface area contributed by atoms with E-state index in [-0.39, 0.29) is 23.3 Å². The van der Waals surface area contributed by atoms with E-state index in [1.165, 1.54) is 4.31 Å². The summed E-state index contributed by atoms with van der Waals surface area (Å²) < 4.78 is 27.3. The highest BCUT2D eigenvalue weighted by Gasteiger charge is 2.36. The van der Waals surface area contributed by atoms with Crippen LogP contribution in [0.5, 0.6) is 0 Å². The molecule has 0 bridgehead atoms. The van der Waals surface area contributed by atoms with E-state index in [0.29, 0.717) is 24.4 Å². The van der Waals surface area contributed by atoms with Crippen molar-refractivity contribution in [3.05, 3.63) is 11.4 Å². The van der Waals surface area contributed by atoms with Gasteiger partial charge in [0.2, 0.25) is 15.9 Å². The Balaban J connectivity index is 2.14. The molecule has 0 aromatic carbocycles. The fourth-order valence-corrected chi connectivity index (χ4v) is 5.08.